The first kappa shape index (κ1) is 23.2. The summed E-state index contributed by atoms with van der Waals surface area (Å²) < 4.78 is 0. The lowest BCUT2D eigenvalue weighted by Crippen LogP contribution is -2.36. The minimum atomic E-state index is -0.0565. The van der Waals surface area contributed by atoms with Crippen LogP contribution >= 0.6 is 11.8 Å². The highest BCUT2D eigenvalue weighted by molar-refractivity contribution is 8.00. The molecule has 8 nitrogen and oxygen atoms in total. The van der Waals surface area contributed by atoms with Crippen molar-refractivity contribution in [2.45, 2.75) is 68.8 Å². The number of nitrogens with one attached hydrogen (secondary N) is 4. The molecule has 2 aliphatic rings. The van der Waals surface area contributed by atoms with Gasteiger partial charge in [-0.05, 0) is 43.4 Å². The SMILES string of the molecule is Nc1ccc(CNC(=O)CCCCNC(=O)CCCC[C@@H]2SC[C@@H]3NC(=O)N[C@@H]32)cc1. The van der Waals surface area contributed by atoms with E-state index in [4.69, 9.17) is 5.73 Å². The second-order valence-corrected chi connectivity index (χ2v) is 9.47. The molecule has 0 radical (unpaired) electrons. The van der Waals surface area contributed by atoms with Gasteiger partial charge in [-0.2, -0.15) is 11.8 Å². The summed E-state index contributed by atoms with van der Waals surface area (Å²) in [6.45, 7) is 1.10. The Bertz CT molecular complexity index is 758. The maximum absolute atomic E-state index is 12.0. The Labute approximate surface area is 187 Å². The van der Waals surface area contributed by atoms with Crippen LogP contribution in [0.25, 0.3) is 0 Å². The molecule has 2 heterocycles. The van der Waals surface area contributed by atoms with Gasteiger partial charge >= 0.3 is 6.03 Å². The van der Waals surface area contributed by atoms with E-state index in [1.807, 2.05) is 36.0 Å². The summed E-state index contributed by atoms with van der Waals surface area (Å²) in [4.78, 5) is 35.3. The average molecular weight is 448 g/mol. The second-order valence-electron chi connectivity index (χ2n) is 8.19. The predicted molar refractivity (Wildman–Crippen MR) is 124 cm³/mol. The van der Waals surface area contributed by atoms with E-state index in [1.165, 1.54) is 0 Å². The number of nitrogen functional groups attached to an aromatic ring is 1. The Morgan fingerprint density at radius 3 is 2.48 bits per heavy atom. The minimum Gasteiger partial charge on any atom is -0.399 e. The van der Waals surface area contributed by atoms with Crippen molar-refractivity contribution in [2.24, 2.45) is 0 Å². The Morgan fingerprint density at radius 1 is 1.00 bits per heavy atom. The summed E-state index contributed by atoms with van der Waals surface area (Å²) in [5.74, 6) is 1.05. The molecule has 9 heteroatoms. The summed E-state index contributed by atoms with van der Waals surface area (Å²) >= 11 is 1.90. The van der Waals surface area contributed by atoms with E-state index in [1.54, 1.807) is 0 Å². The van der Waals surface area contributed by atoms with E-state index in [2.05, 4.69) is 21.3 Å². The highest BCUT2D eigenvalue weighted by atomic mass is 32.2. The molecule has 0 aromatic heterocycles. The Morgan fingerprint density at radius 2 is 1.71 bits per heavy atom. The van der Waals surface area contributed by atoms with E-state index in [0.29, 0.717) is 36.9 Å². The molecule has 2 fully saturated rings. The molecular formula is C22H33N5O3S. The van der Waals surface area contributed by atoms with Crippen LogP contribution in [0.3, 0.4) is 0 Å². The fourth-order valence-corrected chi connectivity index (χ4v) is 5.47. The van der Waals surface area contributed by atoms with Gasteiger partial charge in [-0.3, -0.25) is 9.59 Å². The van der Waals surface area contributed by atoms with Crippen molar-refractivity contribution >= 4 is 35.3 Å². The number of anilines is 1. The summed E-state index contributed by atoms with van der Waals surface area (Å²) in [5.41, 5.74) is 7.37. The number of rotatable bonds is 12. The number of nitrogens with two attached hydrogens (primary N) is 1. The molecule has 1 aromatic rings. The molecule has 170 valence electrons. The van der Waals surface area contributed by atoms with Crippen molar-refractivity contribution in [2.75, 3.05) is 18.0 Å². The van der Waals surface area contributed by atoms with Crippen molar-refractivity contribution in [3.63, 3.8) is 0 Å². The third-order valence-electron chi connectivity index (χ3n) is 5.70. The minimum absolute atomic E-state index is 0.0174. The van der Waals surface area contributed by atoms with E-state index in [0.717, 1.165) is 43.4 Å². The number of benzene rings is 1. The van der Waals surface area contributed by atoms with E-state index < -0.39 is 0 Å². The van der Waals surface area contributed by atoms with Gasteiger partial charge in [0.2, 0.25) is 11.8 Å². The van der Waals surface area contributed by atoms with Gasteiger partial charge in [-0.15, -0.1) is 0 Å². The summed E-state index contributed by atoms with van der Waals surface area (Å²) in [6.07, 6.45) is 5.38. The van der Waals surface area contributed by atoms with Crippen molar-refractivity contribution in [3.8, 4) is 0 Å². The lowest BCUT2D eigenvalue weighted by molar-refractivity contribution is -0.121. The number of hydrogen-bond acceptors (Lipinski definition) is 5. The molecule has 0 spiro atoms. The quantitative estimate of drug-likeness (QED) is 0.190. The normalized spacial score (nSPS) is 21.8. The van der Waals surface area contributed by atoms with E-state index in [-0.39, 0.29) is 29.9 Å². The van der Waals surface area contributed by atoms with Crippen LogP contribution in [-0.4, -0.2) is 47.5 Å². The molecule has 6 N–H and O–H groups in total. The topological polar surface area (TPSA) is 125 Å². The Hall–Kier alpha value is -2.42. The first-order valence-corrected chi connectivity index (χ1v) is 12.1. The molecule has 0 bridgehead atoms. The molecular weight excluding hydrogens is 414 g/mol. The molecule has 3 rings (SSSR count). The number of unbranched alkanes of at least 4 members (excludes halogenated alkanes) is 2. The van der Waals surface area contributed by atoms with Gasteiger partial charge in [0.15, 0.2) is 0 Å². The molecule has 0 unspecified atom stereocenters. The van der Waals surface area contributed by atoms with E-state index in [9.17, 15) is 14.4 Å². The maximum Gasteiger partial charge on any atom is 0.315 e. The average Bonchev–Trinajstić information content (AvgIpc) is 3.30. The van der Waals surface area contributed by atoms with Crippen LogP contribution in [0.2, 0.25) is 0 Å². The van der Waals surface area contributed by atoms with Crippen LogP contribution in [0.5, 0.6) is 0 Å². The largest absolute Gasteiger partial charge is 0.399 e. The van der Waals surface area contributed by atoms with Gasteiger partial charge in [0.1, 0.15) is 0 Å². The summed E-state index contributed by atoms with van der Waals surface area (Å²) in [7, 11) is 0. The lowest BCUT2D eigenvalue weighted by Gasteiger charge is -2.16. The molecule has 4 amide bonds. The smallest absolute Gasteiger partial charge is 0.315 e. The Balaban J connectivity index is 1.15. The van der Waals surface area contributed by atoms with Crippen molar-refractivity contribution in [1.29, 1.82) is 0 Å². The fraction of sp³-hybridized carbons (Fsp3) is 0.591. The molecule has 0 saturated carbocycles. The zero-order valence-corrected chi connectivity index (χ0v) is 18.6. The second kappa shape index (κ2) is 11.8. The lowest BCUT2D eigenvalue weighted by atomic mass is 10.0. The van der Waals surface area contributed by atoms with Gasteiger partial charge in [-0.1, -0.05) is 18.6 Å². The van der Waals surface area contributed by atoms with Gasteiger partial charge in [0, 0.05) is 42.6 Å². The zero-order chi connectivity index (χ0) is 22.1. The third-order valence-corrected chi connectivity index (χ3v) is 7.21. The fourth-order valence-electron chi connectivity index (χ4n) is 3.93. The summed E-state index contributed by atoms with van der Waals surface area (Å²) in [5, 5.41) is 12.2. The van der Waals surface area contributed by atoms with Crippen LogP contribution in [0, 0.1) is 0 Å². The van der Waals surface area contributed by atoms with Gasteiger partial charge in [-0.25, -0.2) is 4.79 Å². The standard InChI is InChI=1S/C22H33N5O3S/c23-16-10-8-15(9-11-16)13-25-20(29)7-3-4-12-24-19(28)6-2-1-5-18-21-17(14-31-18)26-22(30)27-21/h8-11,17-18,21H,1-7,12-14,23H2,(H,24,28)(H,25,29)(H2,26,27,30)/t17-,18-,21-/m0/s1. The molecule has 31 heavy (non-hydrogen) atoms. The molecule has 0 aliphatic carbocycles. The number of hydrogen-bond donors (Lipinski definition) is 5. The van der Waals surface area contributed by atoms with Crippen LogP contribution in [0.1, 0.15) is 50.5 Å². The highest BCUT2D eigenvalue weighted by Crippen LogP contribution is 2.33. The number of carbonyl (C=O) groups excluding carboxylic acids is 3. The monoisotopic (exact) mass is 447 g/mol. The van der Waals surface area contributed by atoms with Gasteiger partial charge in [0.25, 0.3) is 0 Å². The zero-order valence-electron chi connectivity index (χ0n) is 17.8. The van der Waals surface area contributed by atoms with Crippen molar-refractivity contribution in [1.82, 2.24) is 21.3 Å². The van der Waals surface area contributed by atoms with Gasteiger partial charge < -0.3 is 27.0 Å². The summed E-state index contributed by atoms with van der Waals surface area (Å²) in [6, 6.07) is 7.87. The number of carbonyl (C=O) groups is 3. The van der Waals surface area contributed by atoms with Gasteiger partial charge in [0.05, 0.1) is 12.1 Å². The van der Waals surface area contributed by atoms with Crippen LogP contribution in [0.4, 0.5) is 10.5 Å². The first-order chi connectivity index (χ1) is 15.0. The Kier molecular flexibility index (Phi) is 8.87. The molecule has 2 saturated heterocycles. The van der Waals surface area contributed by atoms with Crippen LogP contribution in [0.15, 0.2) is 24.3 Å². The highest BCUT2D eigenvalue weighted by Gasteiger charge is 2.42. The third kappa shape index (κ3) is 7.65. The number of amides is 4. The van der Waals surface area contributed by atoms with Crippen molar-refractivity contribution in [3.05, 3.63) is 29.8 Å². The number of urea groups is 1. The number of thioether (sulfide) groups is 1. The number of fused-ring (bicyclic) bond motifs is 1. The van der Waals surface area contributed by atoms with Crippen LogP contribution < -0.4 is 27.0 Å². The first-order valence-electron chi connectivity index (χ1n) is 11.1. The molecule has 3 atom stereocenters. The molecule has 2 aliphatic heterocycles. The predicted octanol–water partition coefficient (Wildman–Crippen LogP) is 1.90. The molecule has 1 aromatic carbocycles. The van der Waals surface area contributed by atoms with Crippen LogP contribution in [-0.2, 0) is 16.1 Å². The maximum atomic E-state index is 12.0. The van der Waals surface area contributed by atoms with Crippen molar-refractivity contribution < 1.29 is 14.4 Å². The van der Waals surface area contributed by atoms with E-state index >= 15 is 0 Å².